The number of carbonyl (C=O) groups is 1. The molecule has 1 aliphatic rings. The van der Waals surface area contributed by atoms with Crippen molar-refractivity contribution < 1.29 is 14.6 Å². The maximum Gasteiger partial charge on any atom is 0.331 e. The van der Waals surface area contributed by atoms with Gasteiger partial charge in [-0.1, -0.05) is 0 Å². The summed E-state index contributed by atoms with van der Waals surface area (Å²) < 4.78 is 7.49. The van der Waals surface area contributed by atoms with Gasteiger partial charge in [0.25, 0.3) is 0 Å². The number of ether oxygens (including phenoxy) is 1. The molecule has 1 saturated carbocycles. The molecule has 3 rings (SSSR count). The Kier molecular flexibility index (Phi) is 4.29. The van der Waals surface area contributed by atoms with E-state index in [0.717, 1.165) is 30.4 Å². The Balaban J connectivity index is 1.90. The summed E-state index contributed by atoms with van der Waals surface area (Å²) in [6.07, 6.45) is 6.93. The molecule has 0 spiro atoms. The minimum atomic E-state index is -1.11. The van der Waals surface area contributed by atoms with Crippen LogP contribution in [0.25, 0.3) is 11.1 Å². The topological polar surface area (TPSA) is 64.3 Å². The molecule has 0 aromatic carbocycles. The van der Waals surface area contributed by atoms with E-state index in [4.69, 9.17) is 4.74 Å². The van der Waals surface area contributed by atoms with Gasteiger partial charge in [-0.2, -0.15) is 16.4 Å². The molecule has 1 aliphatic carbocycles. The van der Waals surface area contributed by atoms with Crippen molar-refractivity contribution in [1.29, 1.82) is 0 Å². The van der Waals surface area contributed by atoms with Crippen molar-refractivity contribution in [3.05, 3.63) is 29.2 Å². The minimum Gasteiger partial charge on any atom is -0.479 e. The van der Waals surface area contributed by atoms with Crippen LogP contribution in [0.5, 0.6) is 0 Å². The van der Waals surface area contributed by atoms with Gasteiger partial charge in [-0.3, -0.25) is 4.68 Å². The summed E-state index contributed by atoms with van der Waals surface area (Å²) >= 11 is 1.61. The molecule has 6 heteroatoms. The second kappa shape index (κ2) is 6.09. The van der Waals surface area contributed by atoms with E-state index in [1.807, 2.05) is 29.9 Å². The third-order valence-electron chi connectivity index (χ3n) is 4.79. The standard InChI is InChI=1S/C17H22N2O3S/c1-3-22-17(6-4-7-17)12-16(2,15(20)21)19-10-14(9-18-19)13-5-8-23-11-13/h5,8-11H,3-4,6-7,12H2,1-2H3,(H,20,21). The highest BCUT2D eigenvalue weighted by atomic mass is 32.1. The molecule has 2 heterocycles. The first-order valence-electron chi connectivity index (χ1n) is 7.94. The van der Waals surface area contributed by atoms with E-state index in [9.17, 15) is 9.90 Å². The predicted octanol–water partition coefficient (Wildman–Crippen LogP) is 3.76. The average Bonchev–Trinajstić information content (AvgIpc) is 3.15. The summed E-state index contributed by atoms with van der Waals surface area (Å²) in [5, 5.41) is 18.3. The van der Waals surface area contributed by atoms with Crippen LogP contribution in [0.1, 0.15) is 39.5 Å². The third-order valence-corrected chi connectivity index (χ3v) is 5.47. The lowest BCUT2D eigenvalue weighted by atomic mass is 9.72. The first-order valence-corrected chi connectivity index (χ1v) is 8.88. The fourth-order valence-electron chi connectivity index (χ4n) is 3.30. The molecule has 0 radical (unpaired) electrons. The van der Waals surface area contributed by atoms with Crippen LogP contribution in [0.3, 0.4) is 0 Å². The highest BCUT2D eigenvalue weighted by Crippen LogP contribution is 2.44. The van der Waals surface area contributed by atoms with Gasteiger partial charge in [-0.05, 0) is 55.5 Å². The highest BCUT2D eigenvalue weighted by molar-refractivity contribution is 7.08. The van der Waals surface area contributed by atoms with E-state index in [0.29, 0.717) is 13.0 Å². The van der Waals surface area contributed by atoms with Gasteiger partial charge in [0.15, 0.2) is 5.54 Å². The fourth-order valence-corrected chi connectivity index (χ4v) is 3.97. The van der Waals surface area contributed by atoms with Crippen LogP contribution < -0.4 is 0 Å². The molecule has 1 atom stereocenters. The SMILES string of the molecule is CCOC1(CC(C)(C(=O)O)n2cc(-c3ccsc3)cn2)CCC1. The predicted molar refractivity (Wildman–Crippen MR) is 89.6 cm³/mol. The maximum atomic E-state index is 12.0. The fraction of sp³-hybridized carbons (Fsp3) is 0.529. The van der Waals surface area contributed by atoms with Gasteiger partial charge in [0.1, 0.15) is 0 Å². The number of hydrogen-bond acceptors (Lipinski definition) is 4. The van der Waals surface area contributed by atoms with E-state index in [1.54, 1.807) is 29.1 Å². The second-order valence-electron chi connectivity index (χ2n) is 6.41. The zero-order chi connectivity index (χ0) is 16.5. The molecule has 124 valence electrons. The molecule has 0 aliphatic heterocycles. The van der Waals surface area contributed by atoms with Crippen molar-refractivity contribution in [3.8, 4) is 11.1 Å². The monoisotopic (exact) mass is 334 g/mol. The maximum absolute atomic E-state index is 12.0. The van der Waals surface area contributed by atoms with Gasteiger partial charge >= 0.3 is 5.97 Å². The van der Waals surface area contributed by atoms with Crippen LogP contribution in [0.2, 0.25) is 0 Å². The number of nitrogens with zero attached hydrogens (tertiary/aromatic N) is 2. The molecule has 5 nitrogen and oxygen atoms in total. The van der Waals surface area contributed by atoms with Gasteiger partial charge in [0, 0.05) is 24.8 Å². The Morgan fingerprint density at radius 3 is 2.83 bits per heavy atom. The van der Waals surface area contributed by atoms with Gasteiger partial charge in [0.05, 0.1) is 11.8 Å². The molecule has 0 bridgehead atoms. The largest absolute Gasteiger partial charge is 0.479 e. The van der Waals surface area contributed by atoms with Gasteiger partial charge in [-0.25, -0.2) is 4.79 Å². The molecule has 0 amide bonds. The molecular formula is C17H22N2O3S. The van der Waals surface area contributed by atoms with E-state index in [2.05, 4.69) is 5.10 Å². The number of thiophene rings is 1. The van der Waals surface area contributed by atoms with Crippen molar-refractivity contribution in [1.82, 2.24) is 9.78 Å². The van der Waals surface area contributed by atoms with E-state index < -0.39 is 11.5 Å². The molecule has 0 saturated heterocycles. The Labute approximate surface area is 139 Å². The van der Waals surface area contributed by atoms with Crippen LogP contribution in [0.4, 0.5) is 0 Å². The van der Waals surface area contributed by atoms with Crippen molar-refractivity contribution in [3.63, 3.8) is 0 Å². The first-order chi connectivity index (χ1) is 11.0. The summed E-state index contributed by atoms with van der Waals surface area (Å²) in [6.45, 7) is 4.30. The van der Waals surface area contributed by atoms with Gasteiger partial charge in [0.2, 0.25) is 0 Å². The third kappa shape index (κ3) is 2.93. The van der Waals surface area contributed by atoms with Crippen LogP contribution in [0, 0.1) is 0 Å². The van der Waals surface area contributed by atoms with E-state index in [-0.39, 0.29) is 5.60 Å². The van der Waals surface area contributed by atoms with Crippen molar-refractivity contribution >= 4 is 17.3 Å². The second-order valence-corrected chi connectivity index (χ2v) is 7.19. The number of carboxylic acid groups (broad SMARTS) is 1. The van der Waals surface area contributed by atoms with Crippen LogP contribution >= 0.6 is 11.3 Å². The molecule has 2 aromatic heterocycles. The molecule has 1 unspecified atom stereocenters. The molecular weight excluding hydrogens is 312 g/mol. The summed E-state index contributed by atoms with van der Waals surface area (Å²) in [6, 6.07) is 2.01. The Hall–Kier alpha value is -1.66. The summed E-state index contributed by atoms with van der Waals surface area (Å²) in [5.41, 5.74) is 0.579. The molecule has 1 fully saturated rings. The Morgan fingerprint density at radius 2 is 2.30 bits per heavy atom. The lowest BCUT2D eigenvalue weighted by molar-refractivity contribution is -0.160. The molecule has 1 N–H and O–H groups in total. The van der Waals surface area contributed by atoms with Crippen LogP contribution in [-0.2, 0) is 15.1 Å². The van der Waals surface area contributed by atoms with Crippen LogP contribution in [-0.4, -0.2) is 33.1 Å². The van der Waals surface area contributed by atoms with Crippen molar-refractivity contribution in [2.24, 2.45) is 0 Å². The average molecular weight is 334 g/mol. The Morgan fingerprint density at radius 1 is 1.52 bits per heavy atom. The smallest absolute Gasteiger partial charge is 0.331 e. The normalized spacial score (nSPS) is 19.0. The number of aliphatic carboxylic acids is 1. The van der Waals surface area contributed by atoms with Gasteiger partial charge in [-0.15, -0.1) is 0 Å². The van der Waals surface area contributed by atoms with Crippen LogP contribution in [0.15, 0.2) is 29.2 Å². The summed E-state index contributed by atoms with van der Waals surface area (Å²) in [7, 11) is 0. The number of aromatic nitrogens is 2. The van der Waals surface area contributed by atoms with Crippen molar-refractivity contribution in [2.45, 2.75) is 50.7 Å². The number of rotatable bonds is 7. The number of carboxylic acids is 1. The summed E-state index contributed by atoms with van der Waals surface area (Å²) in [4.78, 5) is 12.0. The Bertz CT molecular complexity index is 676. The summed E-state index contributed by atoms with van der Waals surface area (Å²) in [5.74, 6) is -0.872. The van der Waals surface area contributed by atoms with E-state index >= 15 is 0 Å². The zero-order valence-electron chi connectivity index (χ0n) is 13.5. The zero-order valence-corrected chi connectivity index (χ0v) is 14.3. The minimum absolute atomic E-state index is 0.323. The van der Waals surface area contributed by atoms with E-state index in [1.165, 1.54) is 0 Å². The lowest BCUT2D eigenvalue weighted by Gasteiger charge is -2.45. The van der Waals surface area contributed by atoms with Crippen molar-refractivity contribution in [2.75, 3.05) is 6.61 Å². The quantitative estimate of drug-likeness (QED) is 0.837. The number of hydrogen-bond donors (Lipinski definition) is 1. The molecule has 23 heavy (non-hydrogen) atoms. The lowest BCUT2D eigenvalue weighted by Crippen LogP contribution is -2.51. The first kappa shape index (κ1) is 16.2. The van der Waals surface area contributed by atoms with Gasteiger partial charge < -0.3 is 9.84 Å². The molecule has 2 aromatic rings. The highest BCUT2D eigenvalue weighted by Gasteiger charge is 2.48.